The highest BCUT2D eigenvalue weighted by Gasteiger charge is 2.47. The number of rotatable bonds is 6. The van der Waals surface area contributed by atoms with Crippen LogP contribution in [0.3, 0.4) is 0 Å². The number of halogens is 3. The van der Waals surface area contributed by atoms with Crippen molar-refractivity contribution in [1.29, 1.82) is 0 Å². The summed E-state index contributed by atoms with van der Waals surface area (Å²) in [6.45, 7) is 0. The normalized spacial score (nSPS) is 17.2. The smallest absolute Gasteiger partial charge is 0.507 e. The van der Waals surface area contributed by atoms with Crippen LogP contribution in [-0.2, 0) is 9.59 Å². The van der Waals surface area contributed by atoms with Gasteiger partial charge in [-0.1, -0.05) is 24.3 Å². The number of hydrogen-bond donors (Lipinski definition) is 1. The molecular formula is C26H20F3NO6. The van der Waals surface area contributed by atoms with Gasteiger partial charge < -0.3 is 19.3 Å². The maximum absolute atomic E-state index is 13.2. The summed E-state index contributed by atoms with van der Waals surface area (Å²) in [6.07, 6.45) is -4.88. The van der Waals surface area contributed by atoms with Crippen LogP contribution in [-0.4, -0.2) is 37.4 Å². The van der Waals surface area contributed by atoms with Crippen LogP contribution < -0.4 is 19.1 Å². The zero-order valence-corrected chi connectivity index (χ0v) is 19.1. The Morgan fingerprint density at radius 2 is 1.47 bits per heavy atom. The van der Waals surface area contributed by atoms with Crippen molar-refractivity contribution in [3.05, 3.63) is 89.5 Å². The summed E-state index contributed by atoms with van der Waals surface area (Å²) in [5.41, 5.74) is 0.668. The van der Waals surface area contributed by atoms with E-state index in [4.69, 9.17) is 9.47 Å². The van der Waals surface area contributed by atoms with Gasteiger partial charge in [-0.2, -0.15) is 0 Å². The lowest BCUT2D eigenvalue weighted by Gasteiger charge is -2.26. The van der Waals surface area contributed by atoms with E-state index < -0.39 is 35.6 Å². The van der Waals surface area contributed by atoms with E-state index in [1.807, 2.05) is 0 Å². The van der Waals surface area contributed by atoms with E-state index in [-0.39, 0.29) is 16.8 Å². The van der Waals surface area contributed by atoms with Crippen molar-refractivity contribution in [3.8, 4) is 17.2 Å². The first-order valence-electron chi connectivity index (χ1n) is 10.6. The Labute approximate surface area is 203 Å². The molecule has 36 heavy (non-hydrogen) atoms. The maximum Gasteiger partial charge on any atom is 0.573 e. The average Bonchev–Trinajstić information content (AvgIpc) is 3.13. The lowest BCUT2D eigenvalue weighted by molar-refractivity contribution is -0.274. The molecule has 0 radical (unpaired) electrons. The first kappa shape index (κ1) is 24.6. The fraction of sp³-hybridized carbons (Fsp3) is 0.154. The number of ether oxygens (including phenoxy) is 3. The Kier molecular flexibility index (Phi) is 6.61. The molecule has 1 unspecified atom stereocenters. The summed E-state index contributed by atoms with van der Waals surface area (Å²) in [5.74, 6) is -1.86. The molecule has 1 saturated heterocycles. The summed E-state index contributed by atoms with van der Waals surface area (Å²) in [6, 6.07) is 16.3. The van der Waals surface area contributed by atoms with Crippen LogP contribution in [0, 0.1) is 0 Å². The molecule has 4 rings (SSSR count). The number of nitrogens with zero attached hydrogens (tertiary/aromatic N) is 1. The molecule has 0 aliphatic carbocycles. The second-order valence-electron chi connectivity index (χ2n) is 7.72. The molecule has 1 aliphatic heterocycles. The van der Waals surface area contributed by atoms with Crippen LogP contribution in [0.2, 0.25) is 0 Å². The van der Waals surface area contributed by atoms with Crippen molar-refractivity contribution >= 4 is 23.1 Å². The van der Waals surface area contributed by atoms with Gasteiger partial charge in [-0.05, 0) is 54.1 Å². The Balaban J connectivity index is 1.85. The fourth-order valence-electron chi connectivity index (χ4n) is 3.93. The summed E-state index contributed by atoms with van der Waals surface area (Å²) >= 11 is 0. The number of amides is 1. The maximum atomic E-state index is 13.2. The van der Waals surface area contributed by atoms with Gasteiger partial charge in [0.2, 0.25) is 0 Å². The molecule has 186 valence electrons. The number of Topliss-reactive ketones (excluding diaryl/α,β-unsaturated/α-hetero) is 1. The molecule has 0 spiro atoms. The second-order valence-corrected chi connectivity index (χ2v) is 7.72. The first-order valence-corrected chi connectivity index (χ1v) is 10.6. The third-order valence-electron chi connectivity index (χ3n) is 5.57. The van der Waals surface area contributed by atoms with Gasteiger partial charge in [0.15, 0.2) is 0 Å². The summed E-state index contributed by atoms with van der Waals surface area (Å²) in [4.78, 5) is 27.5. The molecule has 3 aromatic carbocycles. The number of aliphatic hydroxyl groups is 1. The van der Waals surface area contributed by atoms with Gasteiger partial charge in [-0.3, -0.25) is 14.5 Å². The SMILES string of the molecule is COc1ccc(C2/C(=C(/O)c3cccc(OC)c3)C(=O)C(=O)N2c2ccc(OC(F)(F)F)cc2)cc1. The van der Waals surface area contributed by atoms with E-state index in [2.05, 4.69) is 4.74 Å². The largest absolute Gasteiger partial charge is 0.573 e. The number of hydrogen-bond acceptors (Lipinski definition) is 6. The zero-order valence-electron chi connectivity index (χ0n) is 19.1. The van der Waals surface area contributed by atoms with E-state index in [0.717, 1.165) is 17.0 Å². The van der Waals surface area contributed by atoms with E-state index in [1.54, 1.807) is 42.5 Å². The van der Waals surface area contributed by atoms with Crippen LogP contribution in [0.4, 0.5) is 18.9 Å². The fourth-order valence-corrected chi connectivity index (χ4v) is 3.93. The molecule has 1 N–H and O–H groups in total. The van der Waals surface area contributed by atoms with Gasteiger partial charge in [0.1, 0.15) is 23.0 Å². The third kappa shape index (κ3) is 4.83. The molecule has 1 heterocycles. The lowest BCUT2D eigenvalue weighted by atomic mass is 9.95. The minimum absolute atomic E-state index is 0.136. The standard InChI is InChI=1S/C26H20F3NO6/c1-34-18-10-6-15(7-11-18)22-21(23(31)16-4-3-5-20(14-16)35-2)24(32)25(33)30(22)17-8-12-19(13-9-17)36-26(27,28)29/h3-14,22,31H,1-2H3/b23-21-. The minimum Gasteiger partial charge on any atom is -0.507 e. The van der Waals surface area contributed by atoms with Gasteiger partial charge >= 0.3 is 6.36 Å². The molecule has 0 bridgehead atoms. The molecule has 0 saturated carbocycles. The number of benzene rings is 3. The summed E-state index contributed by atoms with van der Waals surface area (Å²) in [7, 11) is 2.93. The van der Waals surface area contributed by atoms with Crippen molar-refractivity contribution in [2.24, 2.45) is 0 Å². The Morgan fingerprint density at radius 3 is 2.06 bits per heavy atom. The topological polar surface area (TPSA) is 85.3 Å². The van der Waals surface area contributed by atoms with Gasteiger partial charge in [-0.15, -0.1) is 13.2 Å². The molecule has 10 heteroatoms. The predicted molar refractivity (Wildman–Crippen MR) is 124 cm³/mol. The number of carbonyl (C=O) groups excluding carboxylic acids is 2. The highest BCUT2D eigenvalue weighted by atomic mass is 19.4. The highest BCUT2D eigenvalue weighted by molar-refractivity contribution is 6.51. The Morgan fingerprint density at radius 1 is 0.861 bits per heavy atom. The quantitative estimate of drug-likeness (QED) is 0.284. The van der Waals surface area contributed by atoms with Gasteiger partial charge in [0, 0.05) is 11.3 Å². The van der Waals surface area contributed by atoms with Crippen molar-refractivity contribution < 1.29 is 42.1 Å². The van der Waals surface area contributed by atoms with Crippen LogP contribution >= 0.6 is 0 Å². The van der Waals surface area contributed by atoms with Crippen molar-refractivity contribution in [3.63, 3.8) is 0 Å². The number of carbonyl (C=O) groups is 2. The molecule has 1 amide bonds. The van der Waals surface area contributed by atoms with Crippen molar-refractivity contribution in [2.45, 2.75) is 12.4 Å². The molecule has 3 aromatic rings. The monoisotopic (exact) mass is 499 g/mol. The van der Waals surface area contributed by atoms with Crippen molar-refractivity contribution in [2.75, 3.05) is 19.1 Å². The molecule has 0 aromatic heterocycles. The lowest BCUT2D eigenvalue weighted by Crippen LogP contribution is -2.29. The van der Waals surface area contributed by atoms with Gasteiger partial charge in [-0.25, -0.2) is 0 Å². The molecule has 1 aliphatic rings. The van der Waals surface area contributed by atoms with E-state index in [0.29, 0.717) is 17.1 Å². The molecule has 1 atom stereocenters. The van der Waals surface area contributed by atoms with Crippen LogP contribution in [0.1, 0.15) is 17.2 Å². The third-order valence-corrected chi connectivity index (χ3v) is 5.57. The number of anilines is 1. The minimum atomic E-state index is -4.88. The average molecular weight is 499 g/mol. The number of ketones is 1. The molecule has 7 nitrogen and oxygen atoms in total. The van der Waals surface area contributed by atoms with Crippen LogP contribution in [0.5, 0.6) is 17.2 Å². The first-order chi connectivity index (χ1) is 17.1. The van der Waals surface area contributed by atoms with Crippen LogP contribution in [0.15, 0.2) is 78.4 Å². The molecular weight excluding hydrogens is 479 g/mol. The summed E-state index contributed by atoms with van der Waals surface area (Å²) in [5, 5.41) is 11.2. The highest BCUT2D eigenvalue weighted by Crippen LogP contribution is 2.43. The van der Waals surface area contributed by atoms with E-state index in [1.165, 1.54) is 32.4 Å². The summed E-state index contributed by atoms with van der Waals surface area (Å²) < 4.78 is 52.0. The van der Waals surface area contributed by atoms with Crippen LogP contribution in [0.25, 0.3) is 5.76 Å². The Bertz CT molecular complexity index is 1320. The number of aliphatic hydroxyl groups excluding tert-OH is 1. The van der Waals surface area contributed by atoms with Gasteiger partial charge in [0.05, 0.1) is 25.8 Å². The Hall–Kier alpha value is -4.47. The van der Waals surface area contributed by atoms with E-state index >= 15 is 0 Å². The van der Waals surface area contributed by atoms with Crippen molar-refractivity contribution in [1.82, 2.24) is 0 Å². The zero-order chi connectivity index (χ0) is 26.0. The number of methoxy groups -OCH3 is 2. The number of alkyl halides is 3. The van der Waals surface area contributed by atoms with Gasteiger partial charge in [0.25, 0.3) is 11.7 Å². The molecule has 1 fully saturated rings. The second kappa shape index (κ2) is 9.65. The van der Waals surface area contributed by atoms with E-state index in [9.17, 15) is 27.9 Å². The predicted octanol–water partition coefficient (Wildman–Crippen LogP) is 5.23.